The monoisotopic (exact) mass is 386 g/mol. The van der Waals surface area contributed by atoms with Gasteiger partial charge in [-0.05, 0) is 74.1 Å². The van der Waals surface area contributed by atoms with Crippen LogP contribution in [0.4, 0.5) is 11.6 Å². The normalized spacial score (nSPS) is 13.9. The first-order valence-electron chi connectivity index (χ1n) is 10.2. The maximum atomic E-state index is 12.7. The minimum Gasteiger partial charge on any atom is -0.341 e. The fourth-order valence-corrected chi connectivity index (χ4v) is 3.59. The number of nitrogens with zero attached hydrogens (tertiary/aromatic N) is 3. The Kier molecular flexibility index (Phi) is 5.56. The fourth-order valence-electron chi connectivity index (χ4n) is 3.59. The molecule has 4 rings (SSSR count). The van der Waals surface area contributed by atoms with Crippen LogP contribution in [0.5, 0.6) is 0 Å². The molecular weight excluding hydrogens is 360 g/mol. The van der Waals surface area contributed by atoms with Crippen LogP contribution in [0.1, 0.15) is 40.7 Å². The van der Waals surface area contributed by atoms with E-state index in [0.717, 1.165) is 41.4 Å². The van der Waals surface area contributed by atoms with Gasteiger partial charge in [0.1, 0.15) is 0 Å². The van der Waals surface area contributed by atoms with Crippen LogP contribution in [0.2, 0.25) is 0 Å². The summed E-state index contributed by atoms with van der Waals surface area (Å²) in [6, 6.07) is 13.5. The molecule has 1 aliphatic heterocycles. The fraction of sp³-hybridized carbons (Fsp3) is 0.292. The lowest BCUT2D eigenvalue weighted by atomic mass is 10.1. The lowest BCUT2D eigenvalue weighted by molar-refractivity contribution is 0.102. The number of carbonyl (C=O) groups is 1. The van der Waals surface area contributed by atoms with Gasteiger partial charge in [0.2, 0.25) is 5.95 Å². The molecule has 0 aliphatic carbocycles. The van der Waals surface area contributed by atoms with E-state index in [4.69, 9.17) is 0 Å². The summed E-state index contributed by atoms with van der Waals surface area (Å²) in [4.78, 5) is 24.0. The first-order valence-corrected chi connectivity index (χ1v) is 10.2. The highest BCUT2D eigenvalue weighted by atomic mass is 16.1. The molecule has 0 bridgehead atoms. The van der Waals surface area contributed by atoms with E-state index in [2.05, 4.69) is 27.1 Å². The number of benzene rings is 2. The molecule has 29 heavy (non-hydrogen) atoms. The molecule has 1 aromatic heterocycles. The van der Waals surface area contributed by atoms with Gasteiger partial charge < -0.3 is 10.2 Å². The van der Waals surface area contributed by atoms with Crippen LogP contribution in [0.25, 0.3) is 11.1 Å². The van der Waals surface area contributed by atoms with Gasteiger partial charge >= 0.3 is 0 Å². The Morgan fingerprint density at radius 1 is 0.897 bits per heavy atom. The second-order valence-electron chi connectivity index (χ2n) is 7.65. The Balaban J connectivity index is 1.50. The highest BCUT2D eigenvalue weighted by Crippen LogP contribution is 2.22. The van der Waals surface area contributed by atoms with Gasteiger partial charge in [-0.25, -0.2) is 9.97 Å². The molecular formula is C24H26N4O. The van der Waals surface area contributed by atoms with Crippen LogP contribution in [-0.4, -0.2) is 29.0 Å². The van der Waals surface area contributed by atoms with Crippen molar-refractivity contribution >= 4 is 17.5 Å². The number of hydrogen-bond donors (Lipinski definition) is 1. The number of amides is 1. The van der Waals surface area contributed by atoms with Crippen LogP contribution in [0.3, 0.4) is 0 Å². The van der Waals surface area contributed by atoms with Crippen LogP contribution in [0, 0.1) is 13.8 Å². The summed E-state index contributed by atoms with van der Waals surface area (Å²) in [7, 11) is 0. The Morgan fingerprint density at radius 2 is 1.66 bits per heavy atom. The lowest BCUT2D eigenvalue weighted by Crippen LogP contribution is -2.30. The SMILES string of the molecule is Cc1ccc(NC(=O)c2cccc(-c3cnc(N4CCCCC4)nc3)c2)cc1C. The maximum absolute atomic E-state index is 12.7. The summed E-state index contributed by atoms with van der Waals surface area (Å²) in [6.45, 7) is 6.14. The van der Waals surface area contributed by atoms with E-state index in [-0.39, 0.29) is 5.91 Å². The number of rotatable bonds is 4. The van der Waals surface area contributed by atoms with Gasteiger partial charge in [-0.2, -0.15) is 0 Å². The van der Waals surface area contributed by atoms with E-state index in [9.17, 15) is 4.79 Å². The van der Waals surface area contributed by atoms with Crippen molar-refractivity contribution in [2.75, 3.05) is 23.3 Å². The Labute approximate surface area is 171 Å². The van der Waals surface area contributed by atoms with Gasteiger partial charge in [-0.15, -0.1) is 0 Å². The highest BCUT2D eigenvalue weighted by Gasteiger charge is 2.14. The molecule has 148 valence electrons. The lowest BCUT2D eigenvalue weighted by Gasteiger charge is -2.26. The number of aromatic nitrogens is 2. The number of carbonyl (C=O) groups excluding carboxylic acids is 1. The summed E-state index contributed by atoms with van der Waals surface area (Å²) in [5, 5.41) is 2.98. The van der Waals surface area contributed by atoms with E-state index in [1.807, 2.05) is 61.8 Å². The van der Waals surface area contributed by atoms with Gasteiger partial charge in [0.15, 0.2) is 0 Å². The van der Waals surface area contributed by atoms with Crippen LogP contribution >= 0.6 is 0 Å². The van der Waals surface area contributed by atoms with Crippen molar-refractivity contribution < 1.29 is 4.79 Å². The zero-order chi connectivity index (χ0) is 20.2. The number of aryl methyl sites for hydroxylation is 2. The van der Waals surface area contributed by atoms with Gasteiger partial charge in [0.05, 0.1) is 0 Å². The molecule has 5 heteroatoms. The van der Waals surface area contributed by atoms with E-state index >= 15 is 0 Å². The molecule has 1 fully saturated rings. The van der Waals surface area contributed by atoms with Gasteiger partial charge in [0.25, 0.3) is 5.91 Å². The zero-order valence-corrected chi connectivity index (χ0v) is 17.0. The van der Waals surface area contributed by atoms with E-state index in [0.29, 0.717) is 5.56 Å². The largest absolute Gasteiger partial charge is 0.341 e. The minimum atomic E-state index is -0.124. The number of anilines is 2. The number of piperidine rings is 1. The summed E-state index contributed by atoms with van der Waals surface area (Å²) in [6.07, 6.45) is 7.37. The highest BCUT2D eigenvalue weighted by molar-refractivity contribution is 6.05. The topological polar surface area (TPSA) is 58.1 Å². The Morgan fingerprint density at radius 3 is 2.38 bits per heavy atom. The summed E-state index contributed by atoms with van der Waals surface area (Å²) >= 11 is 0. The zero-order valence-electron chi connectivity index (χ0n) is 17.0. The van der Waals surface area contributed by atoms with Crippen LogP contribution in [0.15, 0.2) is 54.9 Å². The second kappa shape index (κ2) is 8.43. The molecule has 0 saturated carbocycles. The quantitative estimate of drug-likeness (QED) is 0.685. The third-order valence-corrected chi connectivity index (χ3v) is 5.50. The first kappa shape index (κ1) is 19.1. The van der Waals surface area contributed by atoms with E-state index in [1.165, 1.54) is 24.8 Å². The van der Waals surface area contributed by atoms with Crippen molar-refractivity contribution in [2.45, 2.75) is 33.1 Å². The molecule has 2 aromatic carbocycles. The summed E-state index contributed by atoms with van der Waals surface area (Å²) in [5.74, 6) is 0.665. The molecule has 1 aliphatic rings. The average molecular weight is 386 g/mol. The van der Waals surface area contributed by atoms with Crippen molar-refractivity contribution in [1.82, 2.24) is 9.97 Å². The third-order valence-electron chi connectivity index (χ3n) is 5.50. The molecule has 1 N–H and O–H groups in total. The molecule has 0 unspecified atom stereocenters. The van der Waals surface area contributed by atoms with Crippen molar-refractivity contribution in [3.63, 3.8) is 0 Å². The molecule has 3 aromatic rings. The van der Waals surface area contributed by atoms with Gasteiger partial charge in [-0.1, -0.05) is 18.2 Å². The van der Waals surface area contributed by atoms with E-state index in [1.54, 1.807) is 0 Å². The van der Waals surface area contributed by atoms with E-state index < -0.39 is 0 Å². The molecule has 0 radical (unpaired) electrons. The Hall–Kier alpha value is -3.21. The molecule has 1 saturated heterocycles. The summed E-state index contributed by atoms with van der Waals surface area (Å²) < 4.78 is 0. The van der Waals surface area contributed by atoms with Gasteiger partial charge in [-0.3, -0.25) is 4.79 Å². The average Bonchev–Trinajstić information content (AvgIpc) is 2.77. The van der Waals surface area contributed by atoms with Crippen molar-refractivity contribution in [3.05, 3.63) is 71.5 Å². The first-order chi connectivity index (χ1) is 14.1. The summed E-state index contributed by atoms with van der Waals surface area (Å²) in [5.41, 5.74) is 5.62. The predicted octanol–water partition coefficient (Wildman–Crippen LogP) is 5.00. The minimum absolute atomic E-state index is 0.124. The number of nitrogens with one attached hydrogen (secondary N) is 1. The Bertz CT molecular complexity index is 1010. The number of hydrogen-bond acceptors (Lipinski definition) is 4. The predicted molar refractivity (Wildman–Crippen MR) is 117 cm³/mol. The maximum Gasteiger partial charge on any atom is 0.255 e. The smallest absolute Gasteiger partial charge is 0.255 e. The van der Waals surface area contributed by atoms with Crippen molar-refractivity contribution in [2.24, 2.45) is 0 Å². The molecule has 2 heterocycles. The van der Waals surface area contributed by atoms with Crippen molar-refractivity contribution in [1.29, 1.82) is 0 Å². The van der Waals surface area contributed by atoms with Crippen molar-refractivity contribution in [3.8, 4) is 11.1 Å². The standard InChI is InChI=1S/C24H26N4O/c1-17-9-10-22(13-18(17)2)27-23(29)20-8-6-7-19(14-20)21-15-25-24(26-16-21)28-11-4-3-5-12-28/h6-10,13-16H,3-5,11-12H2,1-2H3,(H,27,29). The van der Waals surface area contributed by atoms with Crippen LogP contribution < -0.4 is 10.2 Å². The van der Waals surface area contributed by atoms with Crippen LogP contribution in [-0.2, 0) is 0 Å². The molecule has 1 amide bonds. The third kappa shape index (κ3) is 4.45. The molecule has 0 spiro atoms. The molecule has 0 atom stereocenters. The van der Waals surface area contributed by atoms with Gasteiger partial charge in [0, 0.05) is 42.3 Å². The molecule has 5 nitrogen and oxygen atoms in total. The second-order valence-corrected chi connectivity index (χ2v) is 7.65.